The van der Waals surface area contributed by atoms with Gasteiger partial charge in [0.25, 0.3) is 0 Å². The number of hydrogen-bond donors (Lipinski definition) is 0. The zero-order valence-corrected chi connectivity index (χ0v) is 11.8. The minimum Gasteiger partial charge on any atom is -0.462 e. The van der Waals surface area contributed by atoms with Gasteiger partial charge in [-0.2, -0.15) is 0 Å². The lowest BCUT2D eigenvalue weighted by Gasteiger charge is -2.26. The highest BCUT2D eigenvalue weighted by Crippen LogP contribution is 2.22. The van der Waals surface area contributed by atoms with Crippen LogP contribution in [0.3, 0.4) is 0 Å². The number of carbonyl (C=O) groups is 2. The molecule has 2 unspecified atom stereocenters. The summed E-state index contributed by atoms with van der Waals surface area (Å²) in [5.41, 5.74) is -0.117. The first-order valence-corrected chi connectivity index (χ1v) is 6.02. The van der Waals surface area contributed by atoms with Gasteiger partial charge < -0.3 is 9.47 Å². The van der Waals surface area contributed by atoms with Crippen molar-refractivity contribution < 1.29 is 19.1 Å². The van der Waals surface area contributed by atoms with Crippen LogP contribution >= 0.6 is 0 Å². The number of hydrogen-bond acceptors (Lipinski definition) is 4. The van der Waals surface area contributed by atoms with Crippen LogP contribution in [0.1, 0.15) is 47.5 Å². The van der Waals surface area contributed by atoms with E-state index < -0.39 is 18.0 Å². The van der Waals surface area contributed by atoms with Crippen molar-refractivity contribution in [3.8, 4) is 12.3 Å². The molecule has 0 aromatic carbocycles. The van der Waals surface area contributed by atoms with E-state index in [0.29, 0.717) is 0 Å². The van der Waals surface area contributed by atoms with Crippen LogP contribution in [0, 0.1) is 17.8 Å². The van der Waals surface area contributed by atoms with E-state index in [-0.39, 0.29) is 24.4 Å². The molecule has 0 aromatic heterocycles. The molecule has 0 aliphatic heterocycles. The van der Waals surface area contributed by atoms with Crippen LogP contribution in [0.25, 0.3) is 0 Å². The van der Waals surface area contributed by atoms with Gasteiger partial charge in [-0.05, 0) is 19.3 Å². The summed E-state index contributed by atoms with van der Waals surface area (Å²) in [6, 6.07) is 0. The molecule has 0 saturated heterocycles. The van der Waals surface area contributed by atoms with Crippen LogP contribution in [0.15, 0.2) is 0 Å². The first-order chi connectivity index (χ1) is 8.16. The Hall–Kier alpha value is -1.50. The summed E-state index contributed by atoms with van der Waals surface area (Å²) >= 11 is 0. The number of terminal acetylenes is 1. The molecule has 0 amide bonds. The van der Waals surface area contributed by atoms with E-state index in [1.54, 1.807) is 6.92 Å². The fourth-order valence-corrected chi connectivity index (χ4v) is 0.927. The standard InChI is InChI=1S/C14H22O4/c1-7-10(2)17-12(15)8-9-13(16)18-11(3)14(4,5)6/h1,10-11H,8-9H2,2-6H3. The molecule has 0 aliphatic rings. The Balaban J connectivity index is 3.99. The van der Waals surface area contributed by atoms with Gasteiger partial charge in [-0.15, -0.1) is 6.42 Å². The van der Waals surface area contributed by atoms with E-state index in [1.807, 2.05) is 27.7 Å². The summed E-state index contributed by atoms with van der Waals surface area (Å²) in [5.74, 6) is 1.39. The topological polar surface area (TPSA) is 52.6 Å². The van der Waals surface area contributed by atoms with E-state index in [0.717, 1.165) is 0 Å². The van der Waals surface area contributed by atoms with Crippen molar-refractivity contribution in [3.05, 3.63) is 0 Å². The third kappa shape index (κ3) is 6.95. The molecule has 0 bridgehead atoms. The van der Waals surface area contributed by atoms with Crippen LogP contribution in [-0.2, 0) is 19.1 Å². The largest absolute Gasteiger partial charge is 0.462 e. The molecule has 0 aromatic rings. The predicted molar refractivity (Wildman–Crippen MR) is 68.6 cm³/mol. The van der Waals surface area contributed by atoms with Gasteiger partial charge in [-0.25, -0.2) is 0 Å². The van der Waals surface area contributed by atoms with Gasteiger partial charge in [-0.1, -0.05) is 26.7 Å². The third-order valence-electron chi connectivity index (χ3n) is 2.60. The van der Waals surface area contributed by atoms with E-state index in [1.165, 1.54) is 0 Å². The lowest BCUT2D eigenvalue weighted by Crippen LogP contribution is -2.29. The van der Waals surface area contributed by atoms with Gasteiger partial charge in [0.05, 0.1) is 12.8 Å². The summed E-state index contributed by atoms with van der Waals surface area (Å²) in [4.78, 5) is 22.8. The number of ether oxygens (including phenoxy) is 2. The molecule has 2 atom stereocenters. The Morgan fingerprint density at radius 3 is 1.94 bits per heavy atom. The summed E-state index contributed by atoms with van der Waals surface area (Å²) in [6.45, 7) is 9.37. The molecule has 102 valence electrons. The lowest BCUT2D eigenvalue weighted by atomic mass is 9.90. The summed E-state index contributed by atoms with van der Waals surface area (Å²) in [6.07, 6.45) is 4.30. The number of rotatable bonds is 5. The fourth-order valence-electron chi connectivity index (χ4n) is 0.927. The van der Waals surface area contributed by atoms with Crippen molar-refractivity contribution >= 4 is 11.9 Å². The van der Waals surface area contributed by atoms with Crippen molar-refractivity contribution in [1.29, 1.82) is 0 Å². The minimum atomic E-state index is -0.568. The molecule has 0 aliphatic carbocycles. The van der Waals surface area contributed by atoms with Gasteiger partial charge in [0, 0.05) is 0 Å². The van der Waals surface area contributed by atoms with Crippen molar-refractivity contribution in [2.75, 3.05) is 0 Å². The van der Waals surface area contributed by atoms with Crippen LogP contribution in [0.2, 0.25) is 0 Å². The summed E-state index contributed by atoms with van der Waals surface area (Å²) in [7, 11) is 0. The first-order valence-electron chi connectivity index (χ1n) is 6.02. The molecule has 0 fully saturated rings. The molecule has 0 rings (SSSR count). The molecule has 0 spiro atoms. The second-order valence-corrected chi connectivity index (χ2v) is 5.30. The SMILES string of the molecule is C#CC(C)OC(=O)CCC(=O)OC(C)C(C)(C)C. The minimum absolute atomic E-state index is 0.0105. The maximum Gasteiger partial charge on any atom is 0.307 e. The Labute approximate surface area is 109 Å². The van der Waals surface area contributed by atoms with E-state index in [9.17, 15) is 9.59 Å². The zero-order valence-electron chi connectivity index (χ0n) is 11.8. The lowest BCUT2D eigenvalue weighted by molar-refractivity contribution is -0.157. The molecule has 0 heterocycles. The van der Waals surface area contributed by atoms with E-state index >= 15 is 0 Å². The Bertz CT molecular complexity index is 333. The van der Waals surface area contributed by atoms with Gasteiger partial charge in [0.2, 0.25) is 0 Å². The fraction of sp³-hybridized carbons (Fsp3) is 0.714. The van der Waals surface area contributed by atoms with Crippen LogP contribution in [-0.4, -0.2) is 24.1 Å². The van der Waals surface area contributed by atoms with E-state index in [2.05, 4.69) is 5.92 Å². The summed E-state index contributed by atoms with van der Waals surface area (Å²) in [5, 5.41) is 0. The maximum atomic E-state index is 11.5. The van der Waals surface area contributed by atoms with Crippen LogP contribution < -0.4 is 0 Å². The molecule has 0 radical (unpaired) electrons. The smallest absolute Gasteiger partial charge is 0.307 e. The highest BCUT2D eigenvalue weighted by Gasteiger charge is 2.24. The summed E-state index contributed by atoms with van der Waals surface area (Å²) < 4.78 is 10.0. The Morgan fingerprint density at radius 1 is 1.11 bits per heavy atom. The average molecular weight is 254 g/mol. The Morgan fingerprint density at radius 2 is 1.56 bits per heavy atom. The molecule has 4 heteroatoms. The first kappa shape index (κ1) is 16.5. The normalized spacial score (nSPS) is 14.2. The highest BCUT2D eigenvalue weighted by molar-refractivity contribution is 5.77. The number of carbonyl (C=O) groups excluding carboxylic acids is 2. The van der Waals surface area contributed by atoms with Crippen LogP contribution in [0.4, 0.5) is 0 Å². The maximum absolute atomic E-state index is 11.5. The highest BCUT2D eigenvalue weighted by atomic mass is 16.5. The van der Waals surface area contributed by atoms with Crippen molar-refractivity contribution in [3.63, 3.8) is 0 Å². The quantitative estimate of drug-likeness (QED) is 0.558. The molecule has 0 N–H and O–H groups in total. The van der Waals surface area contributed by atoms with E-state index in [4.69, 9.17) is 15.9 Å². The van der Waals surface area contributed by atoms with Crippen molar-refractivity contribution in [1.82, 2.24) is 0 Å². The van der Waals surface area contributed by atoms with Crippen molar-refractivity contribution in [2.24, 2.45) is 5.41 Å². The molecule has 0 saturated carbocycles. The number of esters is 2. The second kappa shape index (κ2) is 7.05. The second-order valence-electron chi connectivity index (χ2n) is 5.30. The third-order valence-corrected chi connectivity index (χ3v) is 2.60. The molecule has 4 nitrogen and oxygen atoms in total. The zero-order chi connectivity index (χ0) is 14.3. The van der Waals surface area contributed by atoms with Gasteiger partial charge in [0.1, 0.15) is 6.10 Å². The average Bonchev–Trinajstić information content (AvgIpc) is 2.24. The van der Waals surface area contributed by atoms with Crippen molar-refractivity contribution in [2.45, 2.75) is 59.7 Å². The predicted octanol–water partition coefficient (Wildman–Crippen LogP) is 2.31. The Kier molecular flexibility index (Phi) is 6.46. The molecular weight excluding hydrogens is 232 g/mol. The molecular formula is C14H22O4. The molecule has 18 heavy (non-hydrogen) atoms. The van der Waals surface area contributed by atoms with Gasteiger partial charge in [0.15, 0.2) is 6.10 Å². The van der Waals surface area contributed by atoms with Crippen LogP contribution in [0.5, 0.6) is 0 Å². The monoisotopic (exact) mass is 254 g/mol. The van der Waals surface area contributed by atoms with Gasteiger partial charge in [-0.3, -0.25) is 9.59 Å². The van der Waals surface area contributed by atoms with Gasteiger partial charge >= 0.3 is 11.9 Å².